The van der Waals surface area contributed by atoms with Crippen molar-refractivity contribution in [3.63, 3.8) is 0 Å². The lowest BCUT2D eigenvalue weighted by atomic mass is 10.2. The van der Waals surface area contributed by atoms with Crippen LogP contribution in [0.4, 0.5) is 5.82 Å². The number of anilines is 1. The van der Waals surface area contributed by atoms with Crippen LogP contribution in [0.15, 0.2) is 35.2 Å². The number of hydrogen-bond donors (Lipinski definition) is 1. The van der Waals surface area contributed by atoms with Crippen LogP contribution in [0, 0.1) is 6.92 Å². The highest BCUT2D eigenvalue weighted by Gasteiger charge is 2.12. The van der Waals surface area contributed by atoms with Crippen LogP contribution in [0.2, 0.25) is 0 Å². The van der Waals surface area contributed by atoms with Gasteiger partial charge in [-0.3, -0.25) is 4.40 Å². The van der Waals surface area contributed by atoms with E-state index in [0.717, 1.165) is 11.4 Å². The summed E-state index contributed by atoms with van der Waals surface area (Å²) in [5.41, 5.74) is 8.21. The van der Waals surface area contributed by atoms with Crippen molar-refractivity contribution in [3.05, 3.63) is 36.5 Å². The van der Waals surface area contributed by atoms with E-state index in [1.807, 2.05) is 29.7 Å². The second-order valence-corrected chi connectivity index (χ2v) is 3.53. The minimum atomic E-state index is 0.405. The van der Waals surface area contributed by atoms with Crippen LogP contribution >= 0.6 is 0 Å². The standard InChI is InChI=1S/C11H10N4O/c1-7-9(8-3-2-6-16-8)14-10(12)11-13-4-5-15(7)11/h2-6H,1H3,(H2,12,14). The van der Waals surface area contributed by atoms with Crippen LogP contribution in [0.5, 0.6) is 0 Å². The lowest BCUT2D eigenvalue weighted by molar-refractivity contribution is 0.579. The molecule has 3 aromatic rings. The molecule has 0 saturated heterocycles. The quantitative estimate of drug-likeness (QED) is 0.671. The zero-order valence-electron chi connectivity index (χ0n) is 8.71. The first-order valence-electron chi connectivity index (χ1n) is 4.90. The highest BCUT2D eigenvalue weighted by Crippen LogP contribution is 2.24. The van der Waals surface area contributed by atoms with Crippen molar-refractivity contribution in [2.45, 2.75) is 6.92 Å². The molecule has 0 aromatic carbocycles. The SMILES string of the molecule is Cc1c(-c2ccco2)nc(N)c2nccn12. The molecular formula is C11H10N4O. The third-order valence-corrected chi connectivity index (χ3v) is 2.56. The van der Waals surface area contributed by atoms with Gasteiger partial charge in [-0.1, -0.05) is 0 Å². The molecule has 3 heterocycles. The summed E-state index contributed by atoms with van der Waals surface area (Å²) in [4.78, 5) is 8.46. The first-order chi connectivity index (χ1) is 7.77. The monoisotopic (exact) mass is 214 g/mol. The maximum absolute atomic E-state index is 5.84. The van der Waals surface area contributed by atoms with Gasteiger partial charge in [-0.15, -0.1) is 0 Å². The van der Waals surface area contributed by atoms with Gasteiger partial charge in [0.1, 0.15) is 5.69 Å². The van der Waals surface area contributed by atoms with Crippen molar-refractivity contribution in [1.29, 1.82) is 0 Å². The fourth-order valence-corrected chi connectivity index (χ4v) is 1.78. The van der Waals surface area contributed by atoms with Crippen molar-refractivity contribution >= 4 is 11.5 Å². The predicted octanol–water partition coefficient (Wildman–Crippen LogP) is 1.88. The molecule has 0 aliphatic rings. The Morgan fingerprint density at radius 1 is 1.44 bits per heavy atom. The van der Waals surface area contributed by atoms with Gasteiger partial charge in [-0.2, -0.15) is 0 Å². The number of fused-ring (bicyclic) bond motifs is 1. The summed E-state index contributed by atoms with van der Waals surface area (Å²) in [6.07, 6.45) is 5.17. The number of nitrogens with two attached hydrogens (primary N) is 1. The molecule has 0 aliphatic carbocycles. The van der Waals surface area contributed by atoms with E-state index >= 15 is 0 Å². The summed E-state index contributed by atoms with van der Waals surface area (Å²) < 4.78 is 7.23. The van der Waals surface area contributed by atoms with Crippen molar-refractivity contribution in [2.24, 2.45) is 0 Å². The summed E-state index contributed by atoms with van der Waals surface area (Å²) in [5, 5.41) is 0. The van der Waals surface area contributed by atoms with E-state index in [4.69, 9.17) is 10.2 Å². The van der Waals surface area contributed by atoms with Crippen molar-refractivity contribution in [3.8, 4) is 11.5 Å². The van der Waals surface area contributed by atoms with E-state index in [1.165, 1.54) is 0 Å². The first-order valence-corrected chi connectivity index (χ1v) is 4.90. The summed E-state index contributed by atoms with van der Waals surface area (Å²) >= 11 is 0. The van der Waals surface area contributed by atoms with Crippen LogP contribution in [-0.2, 0) is 0 Å². The number of aromatic nitrogens is 3. The molecule has 0 amide bonds. The number of imidazole rings is 1. The van der Waals surface area contributed by atoms with Crippen LogP contribution < -0.4 is 5.73 Å². The fraction of sp³-hybridized carbons (Fsp3) is 0.0909. The lowest BCUT2D eigenvalue weighted by Crippen LogP contribution is -2.02. The molecule has 0 fully saturated rings. The van der Waals surface area contributed by atoms with E-state index in [-0.39, 0.29) is 0 Å². The summed E-state index contributed by atoms with van der Waals surface area (Å²) in [6.45, 7) is 1.96. The van der Waals surface area contributed by atoms with Crippen LogP contribution in [0.25, 0.3) is 17.1 Å². The zero-order valence-corrected chi connectivity index (χ0v) is 8.71. The molecule has 0 atom stereocenters. The van der Waals surface area contributed by atoms with Crippen LogP contribution in [0.3, 0.4) is 0 Å². The largest absolute Gasteiger partial charge is 0.463 e. The Balaban J connectivity index is 2.38. The van der Waals surface area contributed by atoms with Gasteiger partial charge in [0.05, 0.1) is 12.0 Å². The van der Waals surface area contributed by atoms with Gasteiger partial charge in [-0.05, 0) is 19.1 Å². The van der Waals surface area contributed by atoms with E-state index < -0.39 is 0 Å². The smallest absolute Gasteiger partial charge is 0.180 e. The Labute approximate surface area is 91.5 Å². The normalized spacial score (nSPS) is 11.1. The third kappa shape index (κ3) is 1.11. The van der Waals surface area contributed by atoms with Gasteiger partial charge in [0, 0.05) is 12.4 Å². The highest BCUT2D eigenvalue weighted by atomic mass is 16.3. The maximum Gasteiger partial charge on any atom is 0.180 e. The number of nitrogens with zero attached hydrogens (tertiary/aromatic N) is 3. The minimum absolute atomic E-state index is 0.405. The van der Waals surface area contributed by atoms with Crippen LogP contribution in [0.1, 0.15) is 5.69 Å². The molecule has 5 nitrogen and oxygen atoms in total. The molecule has 0 aliphatic heterocycles. The molecule has 5 heteroatoms. The van der Waals surface area contributed by atoms with Crippen molar-refractivity contribution in [1.82, 2.24) is 14.4 Å². The van der Waals surface area contributed by atoms with Gasteiger partial charge in [0.15, 0.2) is 17.2 Å². The van der Waals surface area contributed by atoms with Gasteiger partial charge in [0.2, 0.25) is 0 Å². The van der Waals surface area contributed by atoms with Crippen molar-refractivity contribution < 1.29 is 4.42 Å². The molecule has 16 heavy (non-hydrogen) atoms. The molecule has 3 rings (SSSR count). The average Bonchev–Trinajstić information content (AvgIpc) is 2.92. The Kier molecular flexibility index (Phi) is 1.73. The Hall–Kier alpha value is -2.30. The topological polar surface area (TPSA) is 69.3 Å². The van der Waals surface area contributed by atoms with Gasteiger partial charge >= 0.3 is 0 Å². The molecule has 0 radical (unpaired) electrons. The highest BCUT2D eigenvalue weighted by molar-refractivity contribution is 5.67. The van der Waals surface area contributed by atoms with E-state index in [0.29, 0.717) is 17.2 Å². The molecule has 80 valence electrons. The van der Waals surface area contributed by atoms with E-state index in [2.05, 4.69) is 9.97 Å². The first kappa shape index (κ1) is 8.96. The fourth-order valence-electron chi connectivity index (χ4n) is 1.78. The minimum Gasteiger partial charge on any atom is -0.463 e. The second kappa shape index (κ2) is 3.10. The Morgan fingerprint density at radius 3 is 3.06 bits per heavy atom. The molecule has 0 saturated carbocycles. The Morgan fingerprint density at radius 2 is 2.31 bits per heavy atom. The second-order valence-electron chi connectivity index (χ2n) is 3.53. The number of furan rings is 1. The summed E-state index contributed by atoms with van der Waals surface area (Å²) in [6, 6.07) is 3.68. The van der Waals surface area contributed by atoms with E-state index in [9.17, 15) is 0 Å². The molecule has 2 N–H and O–H groups in total. The molecule has 0 unspecified atom stereocenters. The summed E-state index contributed by atoms with van der Waals surface area (Å²) in [7, 11) is 0. The van der Waals surface area contributed by atoms with E-state index in [1.54, 1.807) is 12.5 Å². The number of aryl methyl sites for hydroxylation is 1. The van der Waals surface area contributed by atoms with Crippen LogP contribution in [-0.4, -0.2) is 14.4 Å². The third-order valence-electron chi connectivity index (χ3n) is 2.56. The van der Waals surface area contributed by atoms with Gasteiger partial charge in [-0.25, -0.2) is 9.97 Å². The zero-order chi connectivity index (χ0) is 11.1. The molecule has 0 spiro atoms. The predicted molar refractivity (Wildman–Crippen MR) is 59.8 cm³/mol. The molecule has 3 aromatic heterocycles. The lowest BCUT2D eigenvalue weighted by Gasteiger charge is -2.06. The van der Waals surface area contributed by atoms with Gasteiger partial charge in [0.25, 0.3) is 0 Å². The maximum atomic E-state index is 5.84. The average molecular weight is 214 g/mol. The number of rotatable bonds is 1. The van der Waals surface area contributed by atoms with Crippen molar-refractivity contribution in [2.75, 3.05) is 5.73 Å². The number of hydrogen-bond acceptors (Lipinski definition) is 4. The molecular weight excluding hydrogens is 204 g/mol. The summed E-state index contributed by atoms with van der Waals surface area (Å²) in [5.74, 6) is 1.11. The van der Waals surface area contributed by atoms with Gasteiger partial charge < -0.3 is 10.2 Å². The molecule has 0 bridgehead atoms. The number of nitrogen functional groups attached to an aromatic ring is 1. The Bertz CT molecular complexity index is 639.